The Morgan fingerprint density at radius 3 is 2.75 bits per heavy atom. The third-order valence-electron chi connectivity index (χ3n) is 2.82. The Bertz CT molecular complexity index is 746. The first-order valence-electron chi connectivity index (χ1n) is 6.08. The van der Waals surface area contributed by atoms with Gasteiger partial charge in [-0.25, -0.2) is 4.79 Å². The lowest BCUT2D eigenvalue weighted by molar-refractivity contribution is -0.134. The van der Waals surface area contributed by atoms with Gasteiger partial charge in [0.1, 0.15) is 11.3 Å². The molecule has 1 heterocycles. The number of aromatic hydroxyl groups is 1. The molecule has 104 valence electrons. The second-order valence-corrected chi connectivity index (χ2v) is 4.02. The number of fused-ring (bicyclic) bond motifs is 1. The Balaban J connectivity index is 2.71. The standard InChI is InChI=1S/C14H14N2O4/c1-3-20-14(19)11(15-2)10-12(17)8-6-4-5-7-9(8)16-13(10)18/h4-7H,3H2,1-2H3,(H2,16,17,18). The van der Waals surface area contributed by atoms with Gasteiger partial charge in [0, 0.05) is 12.4 Å². The fourth-order valence-corrected chi connectivity index (χ4v) is 1.95. The van der Waals surface area contributed by atoms with Crippen molar-refractivity contribution in [2.75, 3.05) is 13.7 Å². The van der Waals surface area contributed by atoms with Crippen LogP contribution in [0, 0.1) is 0 Å². The first-order chi connectivity index (χ1) is 9.60. The Hall–Kier alpha value is -2.63. The van der Waals surface area contributed by atoms with E-state index in [1.807, 2.05) is 0 Å². The summed E-state index contributed by atoms with van der Waals surface area (Å²) < 4.78 is 4.84. The lowest BCUT2D eigenvalue weighted by Crippen LogP contribution is -2.26. The number of hydrogen-bond donors (Lipinski definition) is 2. The summed E-state index contributed by atoms with van der Waals surface area (Å²) in [6.07, 6.45) is 0. The van der Waals surface area contributed by atoms with Gasteiger partial charge in [0.2, 0.25) is 0 Å². The Labute approximate surface area is 114 Å². The van der Waals surface area contributed by atoms with Crippen molar-refractivity contribution in [3.63, 3.8) is 0 Å². The van der Waals surface area contributed by atoms with Crippen molar-refractivity contribution in [3.8, 4) is 5.75 Å². The van der Waals surface area contributed by atoms with Crippen molar-refractivity contribution >= 4 is 22.6 Å². The maximum atomic E-state index is 12.1. The number of hydrogen-bond acceptors (Lipinski definition) is 5. The molecule has 6 nitrogen and oxygen atoms in total. The van der Waals surface area contributed by atoms with Crippen LogP contribution >= 0.6 is 0 Å². The molecule has 0 aliphatic carbocycles. The third-order valence-corrected chi connectivity index (χ3v) is 2.82. The zero-order valence-corrected chi connectivity index (χ0v) is 11.1. The number of H-pyrrole nitrogens is 1. The molecule has 0 saturated carbocycles. The number of carbonyl (C=O) groups is 1. The number of ether oxygens (including phenoxy) is 1. The van der Waals surface area contributed by atoms with Crippen molar-refractivity contribution in [2.24, 2.45) is 4.99 Å². The van der Waals surface area contributed by atoms with Gasteiger partial charge in [-0.3, -0.25) is 9.79 Å². The summed E-state index contributed by atoms with van der Waals surface area (Å²) in [4.78, 5) is 30.2. The molecule has 1 aromatic heterocycles. The lowest BCUT2D eigenvalue weighted by Gasteiger charge is -2.09. The van der Waals surface area contributed by atoms with Gasteiger partial charge in [-0.2, -0.15) is 0 Å². The molecular weight excluding hydrogens is 260 g/mol. The van der Waals surface area contributed by atoms with Crippen LogP contribution in [0.1, 0.15) is 12.5 Å². The number of pyridine rings is 1. The summed E-state index contributed by atoms with van der Waals surface area (Å²) in [5.41, 5.74) is -0.478. The Kier molecular flexibility index (Phi) is 3.84. The minimum atomic E-state index is -0.744. The normalized spacial score (nSPS) is 11.6. The number of benzene rings is 1. The van der Waals surface area contributed by atoms with Gasteiger partial charge in [0.15, 0.2) is 5.71 Å². The molecule has 0 unspecified atom stereocenters. The molecule has 0 atom stereocenters. The quantitative estimate of drug-likeness (QED) is 0.650. The van der Waals surface area contributed by atoms with E-state index in [1.165, 1.54) is 7.05 Å². The van der Waals surface area contributed by atoms with Gasteiger partial charge in [-0.05, 0) is 19.1 Å². The number of aromatic amines is 1. The molecule has 2 aromatic rings. The second-order valence-electron chi connectivity index (χ2n) is 4.02. The minimum absolute atomic E-state index is 0.157. The molecule has 1 aromatic carbocycles. The highest BCUT2D eigenvalue weighted by Crippen LogP contribution is 2.25. The minimum Gasteiger partial charge on any atom is -0.506 e. The monoisotopic (exact) mass is 274 g/mol. The average molecular weight is 274 g/mol. The van der Waals surface area contributed by atoms with Crippen LogP contribution in [0.25, 0.3) is 10.9 Å². The maximum absolute atomic E-state index is 12.1. The average Bonchev–Trinajstić information content (AvgIpc) is 2.43. The van der Waals surface area contributed by atoms with Crippen LogP contribution in [0.15, 0.2) is 34.1 Å². The Morgan fingerprint density at radius 1 is 1.40 bits per heavy atom. The van der Waals surface area contributed by atoms with Crippen molar-refractivity contribution in [2.45, 2.75) is 6.92 Å². The highest BCUT2D eigenvalue weighted by molar-refractivity contribution is 6.44. The fraction of sp³-hybridized carbons (Fsp3) is 0.214. The van der Waals surface area contributed by atoms with Crippen molar-refractivity contribution < 1.29 is 14.6 Å². The van der Waals surface area contributed by atoms with Gasteiger partial charge in [0.25, 0.3) is 5.56 Å². The third kappa shape index (κ3) is 2.27. The van der Waals surface area contributed by atoms with Crippen LogP contribution in [0.3, 0.4) is 0 Å². The van der Waals surface area contributed by atoms with E-state index in [0.717, 1.165) is 0 Å². The van der Waals surface area contributed by atoms with Crippen LogP contribution in [-0.4, -0.2) is 35.4 Å². The molecule has 0 aliphatic heterocycles. The first-order valence-corrected chi connectivity index (χ1v) is 6.08. The largest absolute Gasteiger partial charge is 0.506 e. The summed E-state index contributed by atoms with van der Waals surface area (Å²) in [6, 6.07) is 6.75. The maximum Gasteiger partial charge on any atom is 0.357 e. The van der Waals surface area contributed by atoms with Crippen LogP contribution < -0.4 is 5.56 Å². The number of aromatic nitrogens is 1. The summed E-state index contributed by atoms with van der Waals surface area (Å²) in [6.45, 7) is 1.81. The van der Waals surface area contributed by atoms with Gasteiger partial charge in [0.05, 0.1) is 12.1 Å². The van der Waals surface area contributed by atoms with E-state index in [1.54, 1.807) is 31.2 Å². The van der Waals surface area contributed by atoms with Crippen molar-refractivity contribution in [1.29, 1.82) is 0 Å². The summed E-state index contributed by atoms with van der Waals surface area (Å²) in [7, 11) is 1.36. The van der Waals surface area contributed by atoms with E-state index in [2.05, 4.69) is 9.98 Å². The van der Waals surface area contributed by atoms with E-state index in [0.29, 0.717) is 10.9 Å². The smallest absolute Gasteiger partial charge is 0.357 e. The van der Waals surface area contributed by atoms with Gasteiger partial charge >= 0.3 is 5.97 Å². The number of esters is 1. The summed E-state index contributed by atoms with van der Waals surface area (Å²) in [5.74, 6) is -1.02. The second kappa shape index (κ2) is 5.56. The van der Waals surface area contributed by atoms with Crippen molar-refractivity contribution in [1.82, 2.24) is 4.98 Å². The zero-order valence-electron chi connectivity index (χ0n) is 11.1. The predicted molar refractivity (Wildman–Crippen MR) is 75.3 cm³/mol. The fourth-order valence-electron chi connectivity index (χ4n) is 1.95. The van der Waals surface area contributed by atoms with E-state index in [9.17, 15) is 14.7 Å². The zero-order chi connectivity index (χ0) is 14.7. The van der Waals surface area contributed by atoms with Gasteiger partial charge in [-0.1, -0.05) is 12.1 Å². The van der Waals surface area contributed by atoms with Crippen LogP contribution in [0.5, 0.6) is 5.75 Å². The van der Waals surface area contributed by atoms with E-state index < -0.39 is 11.5 Å². The number of carbonyl (C=O) groups excluding carboxylic acids is 1. The van der Waals surface area contributed by atoms with Gasteiger partial charge in [-0.15, -0.1) is 0 Å². The molecule has 2 rings (SSSR count). The molecule has 2 N–H and O–H groups in total. The number of nitrogens with one attached hydrogen (secondary N) is 1. The molecule has 0 spiro atoms. The molecule has 20 heavy (non-hydrogen) atoms. The highest BCUT2D eigenvalue weighted by atomic mass is 16.5. The topological polar surface area (TPSA) is 91.8 Å². The van der Waals surface area contributed by atoms with Crippen LogP contribution in [-0.2, 0) is 9.53 Å². The lowest BCUT2D eigenvalue weighted by atomic mass is 10.1. The first kappa shape index (κ1) is 13.8. The summed E-state index contributed by atoms with van der Waals surface area (Å²) in [5, 5.41) is 10.7. The van der Waals surface area contributed by atoms with Crippen LogP contribution in [0.4, 0.5) is 0 Å². The number of nitrogens with zero attached hydrogens (tertiary/aromatic N) is 1. The highest BCUT2D eigenvalue weighted by Gasteiger charge is 2.23. The molecule has 0 fully saturated rings. The molecule has 0 radical (unpaired) electrons. The molecule has 0 amide bonds. The number of aliphatic imine (C=N–C) groups is 1. The van der Waals surface area contributed by atoms with E-state index in [4.69, 9.17) is 4.74 Å². The predicted octanol–water partition coefficient (Wildman–Crippen LogP) is 1.22. The molecule has 6 heteroatoms. The summed E-state index contributed by atoms with van der Waals surface area (Å²) >= 11 is 0. The molecule has 0 bridgehead atoms. The van der Waals surface area contributed by atoms with Gasteiger partial charge < -0.3 is 14.8 Å². The Morgan fingerprint density at radius 2 is 2.10 bits per heavy atom. The molecule has 0 aliphatic rings. The van der Waals surface area contributed by atoms with Crippen molar-refractivity contribution in [3.05, 3.63) is 40.2 Å². The molecule has 0 saturated heterocycles. The van der Waals surface area contributed by atoms with E-state index >= 15 is 0 Å². The number of rotatable bonds is 3. The van der Waals surface area contributed by atoms with Crippen LogP contribution in [0.2, 0.25) is 0 Å². The number of para-hydroxylation sites is 1. The van der Waals surface area contributed by atoms with E-state index in [-0.39, 0.29) is 23.6 Å². The molecular formula is C14H14N2O4. The SMILES string of the molecule is CCOC(=O)C(=NC)c1c(O)c2ccccc2[nH]c1=O.